The first-order valence-corrected chi connectivity index (χ1v) is 8.78. The Hall–Kier alpha value is -1.11. The highest BCUT2D eigenvalue weighted by Crippen LogP contribution is 2.27. The van der Waals surface area contributed by atoms with E-state index in [0.717, 1.165) is 19.3 Å². The Morgan fingerprint density at radius 2 is 2.05 bits per heavy atom. The van der Waals surface area contributed by atoms with Crippen molar-refractivity contribution in [2.75, 3.05) is 6.54 Å². The SMILES string of the molecule is Cc1c(C(=O)N2CCCCC2C)cc(Cl)cc1S(N)(=O)=O. The number of piperidine rings is 1. The van der Waals surface area contributed by atoms with E-state index in [1.54, 1.807) is 11.8 Å². The van der Waals surface area contributed by atoms with Crippen molar-refractivity contribution in [1.29, 1.82) is 0 Å². The molecule has 0 bridgehead atoms. The molecule has 0 radical (unpaired) electrons. The zero-order valence-electron chi connectivity index (χ0n) is 12.1. The van der Waals surface area contributed by atoms with Crippen LogP contribution >= 0.6 is 11.6 Å². The van der Waals surface area contributed by atoms with Crippen LogP contribution in [0.4, 0.5) is 0 Å². The quantitative estimate of drug-likeness (QED) is 0.903. The first kappa shape index (κ1) is 16.3. The van der Waals surface area contributed by atoms with E-state index in [2.05, 4.69) is 0 Å². The van der Waals surface area contributed by atoms with Gasteiger partial charge in [-0.25, -0.2) is 13.6 Å². The minimum Gasteiger partial charge on any atom is -0.336 e. The van der Waals surface area contributed by atoms with Gasteiger partial charge in [0, 0.05) is 23.2 Å². The molecule has 2 rings (SSSR count). The molecule has 21 heavy (non-hydrogen) atoms. The van der Waals surface area contributed by atoms with Crippen LogP contribution in [0.5, 0.6) is 0 Å². The lowest BCUT2D eigenvalue weighted by atomic mass is 10.0. The van der Waals surface area contributed by atoms with Crippen LogP contribution in [0, 0.1) is 6.92 Å². The number of amides is 1. The molecule has 116 valence electrons. The molecule has 0 saturated carbocycles. The van der Waals surface area contributed by atoms with Gasteiger partial charge in [0.05, 0.1) is 4.90 Å². The minimum atomic E-state index is -3.91. The molecule has 5 nitrogen and oxygen atoms in total. The van der Waals surface area contributed by atoms with E-state index in [9.17, 15) is 13.2 Å². The molecule has 0 spiro atoms. The smallest absolute Gasteiger partial charge is 0.254 e. The standard InChI is InChI=1S/C14H19ClN2O3S/c1-9-5-3-4-6-17(9)14(18)12-7-11(15)8-13(10(12)2)21(16,19)20/h7-9H,3-6H2,1-2H3,(H2,16,19,20). The molecule has 1 saturated heterocycles. The Morgan fingerprint density at radius 1 is 1.38 bits per heavy atom. The summed E-state index contributed by atoms with van der Waals surface area (Å²) < 4.78 is 23.2. The van der Waals surface area contributed by atoms with E-state index < -0.39 is 10.0 Å². The molecule has 1 heterocycles. The molecule has 0 aromatic heterocycles. The topological polar surface area (TPSA) is 80.5 Å². The third-order valence-corrected chi connectivity index (χ3v) is 5.18. The van der Waals surface area contributed by atoms with Crippen molar-refractivity contribution in [3.05, 3.63) is 28.3 Å². The Labute approximate surface area is 130 Å². The Bertz CT molecular complexity index is 673. The zero-order valence-corrected chi connectivity index (χ0v) is 13.7. The first-order chi connectivity index (χ1) is 9.71. The molecule has 0 aliphatic carbocycles. The number of halogens is 1. The number of hydrogen-bond donors (Lipinski definition) is 1. The monoisotopic (exact) mass is 330 g/mol. The lowest BCUT2D eigenvalue weighted by molar-refractivity contribution is 0.0634. The number of nitrogens with zero attached hydrogens (tertiary/aromatic N) is 1. The van der Waals surface area contributed by atoms with Crippen molar-refractivity contribution in [1.82, 2.24) is 4.90 Å². The highest BCUT2D eigenvalue weighted by molar-refractivity contribution is 7.89. The van der Waals surface area contributed by atoms with E-state index in [4.69, 9.17) is 16.7 Å². The van der Waals surface area contributed by atoms with Crippen molar-refractivity contribution < 1.29 is 13.2 Å². The average Bonchev–Trinajstić information content (AvgIpc) is 2.39. The molecule has 1 aromatic carbocycles. The first-order valence-electron chi connectivity index (χ1n) is 6.85. The number of rotatable bonds is 2. The summed E-state index contributed by atoms with van der Waals surface area (Å²) in [7, 11) is -3.91. The number of primary sulfonamides is 1. The molecule has 1 fully saturated rings. The number of hydrogen-bond acceptors (Lipinski definition) is 3. The van der Waals surface area contributed by atoms with Gasteiger partial charge in [0.1, 0.15) is 0 Å². The number of carbonyl (C=O) groups is 1. The predicted octanol–water partition coefficient (Wildman–Crippen LogP) is 2.31. The second kappa shape index (κ2) is 5.94. The van der Waals surface area contributed by atoms with E-state index in [1.807, 2.05) is 6.92 Å². The average molecular weight is 331 g/mol. The summed E-state index contributed by atoms with van der Waals surface area (Å²) >= 11 is 5.96. The van der Waals surface area contributed by atoms with Gasteiger partial charge >= 0.3 is 0 Å². The Morgan fingerprint density at radius 3 is 2.62 bits per heavy atom. The van der Waals surface area contributed by atoms with Crippen molar-refractivity contribution in [3.63, 3.8) is 0 Å². The largest absolute Gasteiger partial charge is 0.336 e. The van der Waals surface area contributed by atoms with Crippen LogP contribution in [0.3, 0.4) is 0 Å². The van der Waals surface area contributed by atoms with Crippen molar-refractivity contribution in [2.45, 2.75) is 44.0 Å². The van der Waals surface area contributed by atoms with Crippen LogP contribution < -0.4 is 5.14 Å². The lowest BCUT2D eigenvalue weighted by Crippen LogP contribution is -2.42. The Balaban J connectivity index is 2.49. The summed E-state index contributed by atoms with van der Waals surface area (Å²) in [6.07, 6.45) is 3.01. The molecule has 2 N–H and O–H groups in total. The van der Waals surface area contributed by atoms with E-state index >= 15 is 0 Å². The van der Waals surface area contributed by atoms with Crippen LogP contribution in [-0.2, 0) is 10.0 Å². The maximum atomic E-state index is 12.7. The Kier molecular flexibility index (Phi) is 4.60. The fourth-order valence-electron chi connectivity index (χ4n) is 2.73. The summed E-state index contributed by atoms with van der Waals surface area (Å²) in [6, 6.07) is 2.93. The summed E-state index contributed by atoms with van der Waals surface area (Å²) in [5, 5.41) is 5.38. The van der Waals surface area contributed by atoms with Crippen molar-refractivity contribution in [3.8, 4) is 0 Å². The molecule has 1 amide bonds. The van der Waals surface area contributed by atoms with Crippen molar-refractivity contribution in [2.24, 2.45) is 5.14 Å². The fraction of sp³-hybridized carbons (Fsp3) is 0.500. The predicted molar refractivity (Wildman–Crippen MR) is 81.9 cm³/mol. The molecule has 1 atom stereocenters. The second-order valence-corrected chi connectivity index (χ2v) is 7.43. The molecule has 1 aliphatic heterocycles. The molecular formula is C14H19ClN2O3S. The summed E-state index contributed by atoms with van der Waals surface area (Å²) in [4.78, 5) is 14.4. The van der Waals surface area contributed by atoms with Gasteiger partial charge in [0.2, 0.25) is 10.0 Å². The number of nitrogens with two attached hydrogens (primary N) is 1. The van der Waals surface area contributed by atoms with E-state index in [0.29, 0.717) is 17.7 Å². The van der Waals surface area contributed by atoms with Gasteiger partial charge in [0.25, 0.3) is 5.91 Å². The maximum Gasteiger partial charge on any atom is 0.254 e. The van der Waals surface area contributed by atoms with Crippen LogP contribution in [-0.4, -0.2) is 31.8 Å². The van der Waals surface area contributed by atoms with Gasteiger partial charge < -0.3 is 4.90 Å². The number of sulfonamides is 1. The van der Waals surface area contributed by atoms with E-state index in [1.165, 1.54) is 12.1 Å². The zero-order chi connectivity index (χ0) is 15.8. The van der Waals surface area contributed by atoms with Crippen LogP contribution in [0.2, 0.25) is 5.02 Å². The van der Waals surface area contributed by atoms with Gasteiger partial charge in [-0.3, -0.25) is 4.79 Å². The van der Waals surface area contributed by atoms with Gasteiger partial charge in [-0.15, -0.1) is 0 Å². The van der Waals surface area contributed by atoms with Crippen LogP contribution in [0.1, 0.15) is 42.1 Å². The highest BCUT2D eigenvalue weighted by Gasteiger charge is 2.27. The molecule has 7 heteroatoms. The summed E-state index contributed by atoms with van der Waals surface area (Å²) in [5.41, 5.74) is 0.657. The number of benzene rings is 1. The van der Waals surface area contributed by atoms with Gasteiger partial charge in [0.15, 0.2) is 0 Å². The number of likely N-dealkylation sites (tertiary alicyclic amines) is 1. The minimum absolute atomic E-state index is 0.0944. The third kappa shape index (κ3) is 3.39. The van der Waals surface area contributed by atoms with Gasteiger partial charge in [-0.2, -0.15) is 0 Å². The molecular weight excluding hydrogens is 312 g/mol. The summed E-state index contributed by atoms with van der Waals surface area (Å²) in [5.74, 6) is -0.188. The fourth-order valence-corrected chi connectivity index (χ4v) is 3.84. The molecule has 1 aliphatic rings. The molecule has 1 unspecified atom stereocenters. The maximum absolute atomic E-state index is 12.7. The third-order valence-electron chi connectivity index (χ3n) is 3.93. The second-order valence-electron chi connectivity index (χ2n) is 5.46. The number of carbonyl (C=O) groups excluding carboxylic acids is 1. The van der Waals surface area contributed by atoms with Gasteiger partial charge in [-0.05, 0) is 50.8 Å². The lowest BCUT2D eigenvalue weighted by Gasteiger charge is -2.34. The molecule has 1 aromatic rings. The van der Waals surface area contributed by atoms with Crippen LogP contribution in [0.15, 0.2) is 17.0 Å². The van der Waals surface area contributed by atoms with Gasteiger partial charge in [-0.1, -0.05) is 11.6 Å². The highest BCUT2D eigenvalue weighted by atomic mass is 35.5. The van der Waals surface area contributed by atoms with Crippen LogP contribution in [0.25, 0.3) is 0 Å². The van der Waals surface area contributed by atoms with E-state index in [-0.39, 0.29) is 21.9 Å². The summed E-state index contributed by atoms with van der Waals surface area (Å²) in [6.45, 7) is 4.26. The van der Waals surface area contributed by atoms with Crippen molar-refractivity contribution >= 4 is 27.5 Å². The normalized spacial score (nSPS) is 19.6.